The highest BCUT2D eigenvalue weighted by molar-refractivity contribution is 7.99. The van der Waals surface area contributed by atoms with Gasteiger partial charge in [-0.2, -0.15) is 0 Å². The smallest absolute Gasteiger partial charge is 0.266 e. The lowest BCUT2D eigenvalue weighted by Crippen LogP contribution is -2.29. The monoisotopic (exact) mass is 463 g/mol. The van der Waals surface area contributed by atoms with E-state index < -0.39 is 11.4 Å². The summed E-state index contributed by atoms with van der Waals surface area (Å²) >= 11 is 1.08. The molecule has 0 aliphatic rings. The number of carbonyl (C=O) groups is 1. The highest BCUT2D eigenvalue weighted by Crippen LogP contribution is 2.26. The van der Waals surface area contributed by atoms with Crippen molar-refractivity contribution in [3.63, 3.8) is 0 Å². The Hall–Kier alpha value is -3.65. The number of para-hydroxylation sites is 3. The van der Waals surface area contributed by atoms with Crippen LogP contribution in [-0.4, -0.2) is 28.3 Å². The number of nitrogens with zero attached hydrogens (tertiary/aromatic N) is 2. The standard InChI is InChI=1S/C25H22FN3O3S/c1-16(17-9-4-8-14-22(17)32-2)27-23(30)15-33-25-28-20-12-6-3-10-18(20)24(31)29(25)21-13-7-5-11-19(21)26/h3-14,16H,15H2,1-2H3,(H,27,30). The van der Waals surface area contributed by atoms with Crippen molar-refractivity contribution in [1.29, 1.82) is 0 Å². The van der Waals surface area contributed by atoms with E-state index in [0.29, 0.717) is 16.7 Å². The molecule has 0 spiro atoms. The van der Waals surface area contributed by atoms with Gasteiger partial charge in [0.15, 0.2) is 5.16 Å². The van der Waals surface area contributed by atoms with Crippen molar-refractivity contribution < 1.29 is 13.9 Å². The quantitative estimate of drug-likeness (QED) is 0.323. The maximum Gasteiger partial charge on any atom is 0.266 e. The minimum absolute atomic E-state index is 0.00127. The Bertz CT molecular complexity index is 1370. The number of carbonyl (C=O) groups excluding carboxylic acids is 1. The zero-order valence-electron chi connectivity index (χ0n) is 18.1. The Morgan fingerprint density at radius 1 is 1.09 bits per heavy atom. The van der Waals surface area contributed by atoms with E-state index in [1.807, 2.05) is 31.2 Å². The van der Waals surface area contributed by atoms with Crippen LogP contribution in [0, 0.1) is 5.82 Å². The van der Waals surface area contributed by atoms with E-state index in [-0.39, 0.29) is 28.5 Å². The predicted octanol–water partition coefficient (Wildman–Crippen LogP) is 4.50. The molecule has 0 saturated heterocycles. The van der Waals surface area contributed by atoms with Gasteiger partial charge in [-0.25, -0.2) is 9.37 Å². The lowest BCUT2D eigenvalue weighted by Gasteiger charge is -2.17. The average molecular weight is 464 g/mol. The second-order valence-corrected chi connectivity index (χ2v) is 8.27. The lowest BCUT2D eigenvalue weighted by molar-refractivity contribution is -0.119. The molecule has 1 aromatic heterocycles. The number of amides is 1. The van der Waals surface area contributed by atoms with E-state index in [1.54, 1.807) is 43.5 Å². The number of fused-ring (bicyclic) bond motifs is 1. The first-order chi connectivity index (χ1) is 16.0. The van der Waals surface area contributed by atoms with Crippen LogP contribution in [-0.2, 0) is 4.79 Å². The molecule has 1 amide bonds. The molecule has 0 fully saturated rings. The summed E-state index contributed by atoms with van der Waals surface area (Å²) in [6, 6.07) is 20.1. The Balaban J connectivity index is 1.62. The predicted molar refractivity (Wildman–Crippen MR) is 128 cm³/mol. The fourth-order valence-electron chi connectivity index (χ4n) is 3.57. The molecule has 1 heterocycles. The molecule has 0 saturated carbocycles. The van der Waals surface area contributed by atoms with E-state index in [2.05, 4.69) is 10.3 Å². The second-order valence-electron chi connectivity index (χ2n) is 7.32. The summed E-state index contributed by atoms with van der Waals surface area (Å²) in [5.74, 6) is -0.116. The second kappa shape index (κ2) is 9.87. The molecule has 4 aromatic rings. The van der Waals surface area contributed by atoms with E-state index in [0.717, 1.165) is 17.3 Å². The SMILES string of the molecule is COc1ccccc1C(C)NC(=O)CSc1nc2ccccc2c(=O)n1-c1ccccc1F. The minimum Gasteiger partial charge on any atom is -0.496 e. The molecule has 3 aromatic carbocycles. The number of nitrogens with one attached hydrogen (secondary N) is 1. The van der Waals surface area contributed by atoms with Crippen molar-refractivity contribution in [2.75, 3.05) is 12.9 Å². The highest BCUT2D eigenvalue weighted by Gasteiger charge is 2.18. The van der Waals surface area contributed by atoms with Crippen LogP contribution >= 0.6 is 11.8 Å². The molecule has 1 atom stereocenters. The summed E-state index contributed by atoms with van der Waals surface area (Å²) in [4.78, 5) is 30.5. The molecule has 33 heavy (non-hydrogen) atoms. The molecule has 6 nitrogen and oxygen atoms in total. The number of aromatic nitrogens is 2. The Morgan fingerprint density at radius 2 is 1.79 bits per heavy atom. The van der Waals surface area contributed by atoms with Crippen LogP contribution in [0.1, 0.15) is 18.5 Å². The van der Waals surface area contributed by atoms with Crippen molar-refractivity contribution in [2.45, 2.75) is 18.1 Å². The van der Waals surface area contributed by atoms with Gasteiger partial charge in [-0.3, -0.25) is 14.2 Å². The summed E-state index contributed by atoms with van der Waals surface area (Å²) in [7, 11) is 1.58. The fourth-order valence-corrected chi connectivity index (χ4v) is 4.39. The molecule has 0 aliphatic carbocycles. The van der Waals surface area contributed by atoms with Gasteiger partial charge in [0.1, 0.15) is 11.6 Å². The normalized spacial score (nSPS) is 11.8. The Kier molecular flexibility index (Phi) is 6.74. The molecule has 168 valence electrons. The number of methoxy groups -OCH3 is 1. The zero-order valence-corrected chi connectivity index (χ0v) is 18.9. The molecule has 8 heteroatoms. The van der Waals surface area contributed by atoms with E-state index in [4.69, 9.17) is 4.74 Å². The summed E-state index contributed by atoms with van der Waals surface area (Å²) in [6.45, 7) is 1.87. The van der Waals surface area contributed by atoms with Gasteiger partial charge in [0.2, 0.25) is 5.91 Å². The number of rotatable bonds is 7. The average Bonchev–Trinajstić information content (AvgIpc) is 2.83. The summed E-state index contributed by atoms with van der Waals surface area (Å²) in [5, 5.41) is 3.55. The molecule has 0 radical (unpaired) electrons. The van der Waals surface area contributed by atoms with Gasteiger partial charge in [-0.05, 0) is 37.3 Å². The first-order valence-corrected chi connectivity index (χ1v) is 11.3. The van der Waals surface area contributed by atoms with E-state index in [1.165, 1.54) is 16.7 Å². The van der Waals surface area contributed by atoms with Crippen molar-refractivity contribution in [2.24, 2.45) is 0 Å². The van der Waals surface area contributed by atoms with E-state index in [9.17, 15) is 14.0 Å². The summed E-state index contributed by atoms with van der Waals surface area (Å²) in [6.07, 6.45) is 0. The van der Waals surface area contributed by atoms with Crippen LogP contribution in [0.3, 0.4) is 0 Å². The third-order valence-electron chi connectivity index (χ3n) is 5.15. The van der Waals surface area contributed by atoms with Crippen LogP contribution in [0.4, 0.5) is 4.39 Å². The maximum atomic E-state index is 14.6. The molecule has 0 bridgehead atoms. The number of thioether (sulfide) groups is 1. The number of halogens is 1. The zero-order chi connectivity index (χ0) is 23.4. The third-order valence-corrected chi connectivity index (χ3v) is 6.09. The van der Waals surface area contributed by atoms with Gasteiger partial charge in [-0.15, -0.1) is 0 Å². The third kappa shape index (κ3) is 4.75. The van der Waals surface area contributed by atoms with Crippen LogP contribution in [0.2, 0.25) is 0 Å². The number of hydrogen-bond acceptors (Lipinski definition) is 5. The summed E-state index contributed by atoms with van der Waals surface area (Å²) in [5.41, 5.74) is 1.04. The fraction of sp³-hybridized carbons (Fsp3) is 0.160. The van der Waals surface area contributed by atoms with Gasteiger partial charge in [-0.1, -0.05) is 54.2 Å². The molecular formula is C25H22FN3O3S. The highest BCUT2D eigenvalue weighted by atomic mass is 32.2. The van der Waals surface area contributed by atoms with Crippen LogP contribution in [0.25, 0.3) is 16.6 Å². The molecule has 1 N–H and O–H groups in total. The minimum atomic E-state index is -0.548. The first kappa shape index (κ1) is 22.5. The molecule has 0 aliphatic heterocycles. The number of hydrogen-bond donors (Lipinski definition) is 1. The van der Waals surface area contributed by atoms with Gasteiger partial charge < -0.3 is 10.1 Å². The van der Waals surface area contributed by atoms with Gasteiger partial charge >= 0.3 is 0 Å². The largest absolute Gasteiger partial charge is 0.496 e. The van der Waals surface area contributed by atoms with E-state index >= 15 is 0 Å². The van der Waals surface area contributed by atoms with Gasteiger partial charge in [0.25, 0.3) is 5.56 Å². The maximum absolute atomic E-state index is 14.6. The van der Waals surface area contributed by atoms with Crippen LogP contribution in [0.5, 0.6) is 5.75 Å². The molecule has 4 rings (SSSR count). The van der Waals surface area contributed by atoms with Crippen molar-refractivity contribution >= 4 is 28.6 Å². The van der Waals surface area contributed by atoms with Gasteiger partial charge in [0.05, 0.1) is 35.5 Å². The van der Waals surface area contributed by atoms with Crippen LogP contribution in [0.15, 0.2) is 82.7 Å². The van der Waals surface area contributed by atoms with Gasteiger partial charge in [0, 0.05) is 5.56 Å². The molecular weight excluding hydrogens is 441 g/mol. The van der Waals surface area contributed by atoms with Crippen molar-refractivity contribution in [3.05, 3.63) is 94.5 Å². The number of ether oxygens (including phenoxy) is 1. The van der Waals surface area contributed by atoms with Crippen molar-refractivity contribution in [3.8, 4) is 11.4 Å². The Morgan fingerprint density at radius 3 is 2.58 bits per heavy atom. The Labute approximate surface area is 194 Å². The van der Waals surface area contributed by atoms with Crippen LogP contribution < -0.4 is 15.6 Å². The lowest BCUT2D eigenvalue weighted by atomic mass is 10.1. The topological polar surface area (TPSA) is 73.2 Å². The number of benzene rings is 3. The molecule has 1 unspecified atom stereocenters. The summed E-state index contributed by atoms with van der Waals surface area (Å²) < 4.78 is 21.2. The first-order valence-electron chi connectivity index (χ1n) is 10.3. The van der Waals surface area contributed by atoms with Crippen molar-refractivity contribution in [1.82, 2.24) is 14.9 Å².